The lowest BCUT2D eigenvalue weighted by molar-refractivity contribution is -0.143. The molecular weight excluding hydrogens is 262 g/mol. The molecule has 1 N–H and O–H groups in total. The van der Waals surface area contributed by atoms with Gasteiger partial charge in [0.1, 0.15) is 12.3 Å². The van der Waals surface area contributed by atoms with Crippen LogP contribution >= 0.6 is 0 Å². The number of amides is 1. The summed E-state index contributed by atoms with van der Waals surface area (Å²) in [6.45, 7) is 1.54. The third-order valence-electron chi connectivity index (χ3n) is 2.11. The average molecular weight is 281 g/mol. The third kappa shape index (κ3) is 7.23. The molecule has 0 aliphatic rings. The molecule has 0 rings (SSSR count). The predicted molar refractivity (Wildman–Crippen MR) is 65.0 cm³/mol. The topological polar surface area (TPSA) is 101 Å². The van der Waals surface area contributed by atoms with E-state index >= 15 is 0 Å². The van der Waals surface area contributed by atoms with Gasteiger partial charge in [0, 0.05) is 13.7 Å². The van der Waals surface area contributed by atoms with Crippen molar-refractivity contribution in [3.05, 3.63) is 0 Å². The number of carboxylic acids is 1. The maximum Gasteiger partial charge on any atom is 0.323 e. The van der Waals surface area contributed by atoms with Gasteiger partial charge in [0.25, 0.3) is 0 Å². The lowest BCUT2D eigenvalue weighted by Gasteiger charge is -2.19. The maximum atomic E-state index is 11.7. The van der Waals surface area contributed by atoms with Crippen molar-refractivity contribution >= 4 is 21.7 Å². The molecule has 0 aromatic heterocycles. The third-order valence-corrected chi connectivity index (χ3v) is 3.59. The van der Waals surface area contributed by atoms with E-state index in [0.29, 0.717) is 6.42 Å². The molecule has 0 saturated carbocycles. The van der Waals surface area contributed by atoms with Crippen LogP contribution in [0.4, 0.5) is 0 Å². The molecule has 1 amide bonds. The van der Waals surface area contributed by atoms with Crippen LogP contribution in [0.1, 0.15) is 13.3 Å². The average Bonchev–Trinajstić information content (AvgIpc) is 2.24. The van der Waals surface area contributed by atoms with Gasteiger partial charge < -0.3 is 14.7 Å². The molecule has 8 heteroatoms. The zero-order valence-corrected chi connectivity index (χ0v) is 11.4. The van der Waals surface area contributed by atoms with Gasteiger partial charge in [-0.25, -0.2) is 8.42 Å². The molecule has 0 aromatic rings. The number of ether oxygens (including phenoxy) is 1. The fraction of sp³-hybridized carbons (Fsp3) is 0.800. The second kappa shape index (κ2) is 8.04. The quantitative estimate of drug-likeness (QED) is 0.604. The summed E-state index contributed by atoms with van der Waals surface area (Å²) in [5.74, 6) is -2.77. The highest BCUT2D eigenvalue weighted by Gasteiger charge is 2.22. The van der Waals surface area contributed by atoms with Crippen LogP contribution in [0.2, 0.25) is 0 Å². The minimum absolute atomic E-state index is 0.0162. The van der Waals surface area contributed by atoms with E-state index in [1.165, 1.54) is 7.11 Å². The number of carbonyl (C=O) groups excluding carboxylic acids is 1. The lowest BCUT2D eigenvalue weighted by Crippen LogP contribution is -2.40. The van der Waals surface area contributed by atoms with E-state index in [4.69, 9.17) is 5.11 Å². The standard InChI is InChI=1S/C10H19NO6S/c1-3-4-11(7-10(13)14)9(12)8-18(15,16)6-5-17-2/h3-8H2,1-2H3,(H,13,14). The zero-order chi connectivity index (χ0) is 14.2. The lowest BCUT2D eigenvalue weighted by atomic mass is 10.4. The number of hydrogen-bond acceptors (Lipinski definition) is 5. The van der Waals surface area contributed by atoms with E-state index in [2.05, 4.69) is 4.74 Å². The molecule has 0 unspecified atom stereocenters. The first-order chi connectivity index (χ1) is 8.32. The second-order valence-electron chi connectivity index (χ2n) is 3.79. The molecule has 0 aliphatic carbocycles. The Morgan fingerprint density at radius 3 is 2.39 bits per heavy atom. The molecule has 0 bridgehead atoms. The minimum Gasteiger partial charge on any atom is -0.480 e. The van der Waals surface area contributed by atoms with Gasteiger partial charge in [-0.1, -0.05) is 6.92 Å². The summed E-state index contributed by atoms with van der Waals surface area (Å²) in [5, 5.41) is 8.64. The van der Waals surface area contributed by atoms with Gasteiger partial charge >= 0.3 is 5.97 Å². The van der Waals surface area contributed by atoms with Crippen molar-refractivity contribution in [3.8, 4) is 0 Å². The fourth-order valence-electron chi connectivity index (χ4n) is 1.29. The highest BCUT2D eigenvalue weighted by atomic mass is 32.2. The Kier molecular flexibility index (Phi) is 7.53. The summed E-state index contributed by atoms with van der Waals surface area (Å²) in [5.41, 5.74) is 0. The summed E-state index contributed by atoms with van der Waals surface area (Å²) >= 11 is 0. The number of rotatable bonds is 9. The number of aliphatic carboxylic acids is 1. The van der Waals surface area contributed by atoms with Crippen LogP contribution < -0.4 is 0 Å². The molecule has 0 aliphatic heterocycles. The second-order valence-corrected chi connectivity index (χ2v) is 5.98. The molecule has 7 nitrogen and oxygen atoms in total. The van der Waals surface area contributed by atoms with E-state index in [1.54, 1.807) is 6.92 Å². The van der Waals surface area contributed by atoms with Crippen LogP contribution in [-0.4, -0.2) is 68.6 Å². The number of nitrogens with zero attached hydrogens (tertiary/aromatic N) is 1. The summed E-state index contributed by atoms with van der Waals surface area (Å²) in [6.07, 6.45) is 0.567. The predicted octanol–water partition coefficient (Wildman–Crippen LogP) is -0.629. The number of methoxy groups -OCH3 is 1. The minimum atomic E-state index is -3.55. The van der Waals surface area contributed by atoms with Crippen molar-refractivity contribution in [2.24, 2.45) is 0 Å². The summed E-state index contributed by atoms with van der Waals surface area (Å²) in [4.78, 5) is 23.3. The molecule has 0 fully saturated rings. The van der Waals surface area contributed by atoms with Crippen LogP contribution in [-0.2, 0) is 24.2 Å². The Balaban J connectivity index is 4.54. The van der Waals surface area contributed by atoms with E-state index in [-0.39, 0.29) is 18.9 Å². The summed E-state index contributed by atoms with van der Waals surface area (Å²) in [7, 11) is -2.19. The van der Waals surface area contributed by atoms with Crippen molar-refractivity contribution in [1.29, 1.82) is 0 Å². The maximum absolute atomic E-state index is 11.7. The normalized spacial score (nSPS) is 11.2. The molecule has 0 aromatic carbocycles. The van der Waals surface area contributed by atoms with Crippen molar-refractivity contribution in [3.63, 3.8) is 0 Å². The number of hydrogen-bond donors (Lipinski definition) is 1. The summed E-state index contributed by atoms with van der Waals surface area (Å²) in [6, 6.07) is 0. The van der Waals surface area contributed by atoms with Crippen LogP contribution in [0.5, 0.6) is 0 Å². The SMILES string of the molecule is CCCN(CC(=O)O)C(=O)CS(=O)(=O)CCOC. The zero-order valence-electron chi connectivity index (χ0n) is 10.6. The summed E-state index contributed by atoms with van der Waals surface area (Å²) < 4.78 is 27.7. The Hall–Kier alpha value is -1.15. The van der Waals surface area contributed by atoms with E-state index in [0.717, 1.165) is 4.90 Å². The molecule has 0 saturated heterocycles. The van der Waals surface area contributed by atoms with Gasteiger partial charge in [-0.15, -0.1) is 0 Å². The van der Waals surface area contributed by atoms with E-state index in [1.807, 2.05) is 0 Å². The first kappa shape index (κ1) is 16.9. The molecule has 18 heavy (non-hydrogen) atoms. The van der Waals surface area contributed by atoms with Crippen LogP contribution in [0, 0.1) is 0 Å². The Bertz CT molecular complexity index is 378. The molecule has 0 spiro atoms. The number of carbonyl (C=O) groups is 2. The van der Waals surface area contributed by atoms with Crippen LogP contribution in [0.3, 0.4) is 0 Å². The highest BCUT2D eigenvalue weighted by molar-refractivity contribution is 7.92. The fourth-order valence-corrected chi connectivity index (χ4v) is 2.41. The molecule has 0 radical (unpaired) electrons. The number of carboxylic acid groups (broad SMARTS) is 1. The van der Waals surface area contributed by atoms with E-state index < -0.39 is 34.0 Å². The van der Waals surface area contributed by atoms with Gasteiger partial charge in [0.15, 0.2) is 9.84 Å². The van der Waals surface area contributed by atoms with Gasteiger partial charge in [-0.3, -0.25) is 9.59 Å². The van der Waals surface area contributed by atoms with Gasteiger partial charge in [-0.2, -0.15) is 0 Å². The monoisotopic (exact) mass is 281 g/mol. The molecule has 0 atom stereocenters. The van der Waals surface area contributed by atoms with Crippen molar-refractivity contribution < 1.29 is 27.9 Å². The first-order valence-corrected chi connectivity index (χ1v) is 7.33. The Morgan fingerprint density at radius 1 is 1.33 bits per heavy atom. The largest absolute Gasteiger partial charge is 0.480 e. The van der Waals surface area contributed by atoms with Gasteiger partial charge in [-0.05, 0) is 6.42 Å². The van der Waals surface area contributed by atoms with Crippen molar-refractivity contribution in [2.45, 2.75) is 13.3 Å². The first-order valence-electron chi connectivity index (χ1n) is 5.51. The Morgan fingerprint density at radius 2 is 1.94 bits per heavy atom. The van der Waals surface area contributed by atoms with Crippen molar-refractivity contribution in [2.75, 3.05) is 38.3 Å². The Labute approximate surface area is 107 Å². The molecular formula is C10H19NO6S. The van der Waals surface area contributed by atoms with Crippen molar-refractivity contribution in [1.82, 2.24) is 4.90 Å². The van der Waals surface area contributed by atoms with Crippen LogP contribution in [0.25, 0.3) is 0 Å². The van der Waals surface area contributed by atoms with Crippen LogP contribution in [0.15, 0.2) is 0 Å². The molecule has 106 valence electrons. The number of sulfone groups is 1. The smallest absolute Gasteiger partial charge is 0.323 e. The van der Waals surface area contributed by atoms with E-state index in [9.17, 15) is 18.0 Å². The van der Waals surface area contributed by atoms with Gasteiger partial charge in [0.2, 0.25) is 5.91 Å². The molecule has 0 heterocycles. The van der Waals surface area contributed by atoms with Gasteiger partial charge in [0.05, 0.1) is 12.4 Å². The highest BCUT2D eigenvalue weighted by Crippen LogP contribution is 1.99.